The summed E-state index contributed by atoms with van der Waals surface area (Å²) in [4.78, 5) is 0.121. The van der Waals surface area contributed by atoms with Crippen molar-refractivity contribution in [3.63, 3.8) is 0 Å². The van der Waals surface area contributed by atoms with E-state index in [1.54, 1.807) is 12.2 Å². The van der Waals surface area contributed by atoms with Crippen molar-refractivity contribution in [2.45, 2.75) is 0 Å². The predicted molar refractivity (Wildman–Crippen MR) is 66.0 cm³/mol. The Balaban J connectivity index is 2.76. The van der Waals surface area contributed by atoms with E-state index in [2.05, 4.69) is 0 Å². The van der Waals surface area contributed by atoms with Gasteiger partial charge in [0.05, 0.1) is 5.57 Å². The molecule has 15 heavy (non-hydrogen) atoms. The largest absolute Gasteiger partial charge is 0.389 e. The van der Waals surface area contributed by atoms with Crippen molar-refractivity contribution in [2.75, 3.05) is 0 Å². The van der Waals surface area contributed by atoms with Gasteiger partial charge in [0.1, 0.15) is 11.1 Å². The third kappa shape index (κ3) is 3.75. The van der Waals surface area contributed by atoms with Gasteiger partial charge < -0.3 is 5.73 Å². The quantitative estimate of drug-likeness (QED) is 0.364. The fourth-order valence-electron chi connectivity index (χ4n) is 0.994. The number of nitrogens with zero attached hydrogens (tertiary/aromatic N) is 1. The Morgan fingerprint density at radius 1 is 1.33 bits per heavy atom. The Morgan fingerprint density at radius 3 is 2.53 bits per heavy atom. The van der Waals surface area contributed by atoms with Crippen molar-refractivity contribution >= 4 is 23.3 Å². The molecule has 0 amide bonds. The summed E-state index contributed by atoms with van der Waals surface area (Å²) in [6.45, 7) is 0. The van der Waals surface area contributed by atoms with Crippen molar-refractivity contribution in [1.82, 2.24) is 0 Å². The molecule has 0 radical (unpaired) electrons. The first-order valence-electron chi connectivity index (χ1n) is 4.37. The van der Waals surface area contributed by atoms with Crippen molar-refractivity contribution in [1.29, 1.82) is 5.26 Å². The summed E-state index contributed by atoms with van der Waals surface area (Å²) in [6, 6.07) is 11.7. The van der Waals surface area contributed by atoms with E-state index in [4.69, 9.17) is 23.2 Å². The van der Waals surface area contributed by atoms with E-state index in [0.717, 1.165) is 5.56 Å². The standard InChI is InChI=1S/C12H10N2S/c13-9-11(12(14)15)8-4-7-10-5-2-1-3-6-10/h1-8H,(H2,14,15)/b7-4+,11-8-. The van der Waals surface area contributed by atoms with E-state index >= 15 is 0 Å². The highest BCUT2D eigenvalue weighted by atomic mass is 32.1. The molecule has 0 saturated heterocycles. The second-order valence-electron chi connectivity index (χ2n) is 2.83. The van der Waals surface area contributed by atoms with E-state index in [-0.39, 0.29) is 4.99 Å². The molecule has 0 spiro atoms. The Bertz CT molecular complexity index is 438. The highest BCUT2D eigenvalue weighted by Gasteiger charge is 1.94. The van der Waals surface area contributed by atoms with Crippen LogP contribution in [0.25, 0.3) is 6.08 Å². The van der Waals surface area contributed by atoms with Crippen LogP contribution in [0, 0.1) is 11.3 Å². The summed E-state index contributed by atoms with van der Waals surface area (Å²) in [5, 5.41) is 8.67. The van der Waals surface area contributed by atoms with Crippen LogP contribution in [0.5, 0.6) is 0 Å². The number of benzene rings is 1. The second kappa shape index (κ2) is 5.74. The van der Waals surface area contributed by atoms with Crippen molar-refractivity contribution in [2.24, 2.45) is 5.73 Å². The van der Waals surface area contributed by atoms with Crippen LogP contribution in [0.15, 0.2) is 48.1 Å². The SMILES string of the molecule is N#C/C(=C/C=C/c1ccccc1)C(N)=S. The zero-order chi connectivity index (χ0) is 11.1. The first-order chi connectivity index (χ1) is 7.24. The molecule has 2 N–H and O–H groups in total. The van der Waals surface area contributed by atoms with E-state index in [1.807, 2.05) is 42.5 Å². The van der Waals surface area contributed by atoms with Crippen LogP contribution >= 0.6 is 12.2 Å². The minimum atomic E-state index is 0.121. The van der Waals surface area contributed by atoms with Crippen LogP contribution in [0.1, 0.15) is 5.56 Å². The number of allylic oxidation sites excluding steroid dienone is 2. The molecule has 0 aliphatic heterocycles. The third-order valence-electron chi connectivity index (χ3n) is 1.74. The van der Waals surface area contributed by atoms with Gasteiger partial charge in [0.2, 0.25) is 0 Å². The monoisotopic (exact) mass is 214 g/mol. The lowest BCUT2D eigenvalue weighted by atomic mass is 10.2. The minimum Gasteiger partial charge on any atom is -0.389 e. The first-order valence-corrected chi connectivity index (χ1v) is 4.78. The molecule has 0 aliphatic rings. The van der Waals surface area contributed by atoms with Gasteiger partial charge >= 0.3 is 0 Å². The lowest BCUT2D eigenvalue weighted by molar-refractivity contribution is 1.51. The Kier molecular flexibility index (Phi) is 4.27. The van der Waals surface area contributed by atoms with Crippen LogP contribution in [-0.2, 0) is 0 Å². The van der Waals surface area contributed by atoms with Gasteiger partial charge in [-0.25, -0.2) is 0 Å². The van der Waals surface area contributed by atoms with Crippen molar-refractivity contribution in [3.8, 4) is 6.07 Å². The number of hydrogen-bond donors (Lipinski definition) is 1. The molecule has 0 atom stereocenters. The van der Waals surface area contributed by atoms with Crippen molar-refractivity contribution in [3.05, 3.63) is 53.6 Å². The Hall–Kier alpha value is -1.92. The lowest BCUT2D eigenvalue weighted by Gasteiger charge is -1.91. The molecule has 1 rings (SSSR count). The molecule has 2 nitrogen and oxygen atoms in total. The van der Waals surface area contributed by atoms with Gasteiger partial charge in [-0.1, -0.05) is 54.7 Å². The lowest BCUT2D eigenvalue weighted by Crippen LogP contribution is -2.09. The maximum absolute atomic E-state index is 8.67. The van der Waals surface area contributed by atoms with Gasteiger partial charge in [-0.3, -0.25) is 0 Å². The maximum Gasteiger partial charge on any atom is 0.114 e. The third-order valence-corrected chi connectivity index (χ3v) is 1.96. The molecule has 0 heterocycles. The highest BCUT2D eigenvalue weighted by Crippen LogP contribution is 2.02. The molecule has 0 aromatic heterocycles. The molecule has 0 saturated carbocycles. The fourth-order valence-corrected chi connectivity index (χ4v) is 1.11. The molecule has 0 bridgehead atoms. The Morgan fingerprint density at radius 2 is 2.00 bits per heavy atom. The first kappa shape index (κ1) is 11.2. The molecule has 0 unspecified atom stereocenters. The summed E-state index contributed by atoms with van der Waals surface area (Å²) in [5.41, 5.74) is 6.71. The number of thiocarbonyl (C=S) groups is 1. The molecule has 74 valence electrons. The van der Waals surface area contributed by atoms with Gasteiger partial charge in [-0.05, 0) is 11.6 Å². The van der Waals surface area contributed by atoms with Gasteiger partial charge in [0.25, 0.3) is 0 Å². The summed E-state index contributed by atoms with van der Waals surface area (Å²) >= 11 is 4.70. The molecular weight excluding hydrogens is 204 g/mol. The Labute approximate surface area is 94.3 Å². The van der Waals surface area contributed by atoms with E-state index in [0.29, 0.717) is 5.57 Å². The number of nitrogens with two attached hydrogens (primary N) is 1. The normalized spacial score (nSPS) is 11.3. The zero-order valence-electron chi connectivity index (χ0n) is 8.05. The van der Waals surface area contributed by atoms with Crippen LogP contribution in [0.3, 0.4) is 0 Å². The number of rotatable bonds is 3. The molecule has 0 fully saturated rings. The predicted octanol–water partition coefficient (Wildman–Crippen LogP) is 2.44. The average Bonchev–Trinajstić information content (AvgIpc) is 2.25. The van der Waals surface area contributed by atoms with E-state index in [9.17, 15) is 0 Å². The minimum absolute atomic E-state index is 0.121. The van der Waals surface area contributed by atoms with Gasteiger partial charge in [0, 0.05) is 0 Å². The molecule has 0 aliphatic carbocycles. The zero-order valence-corrected chi connectivity index (χ0v) is 8.87. The smallest absolute Gasteiger partial charge is 0.114 e. The number of hydrogen-bond acceptors (Lipinski definition) is 2. The summed E-state index contributed by atoms with van der Waals surface area (Å²) in [6.07, 6.45) is 5.25. The van der Waals surface area contributed by atoms with Crippen LogP contribution in [0.2, 0.25) is 0 Å². The topological polar surface area (TPSA) is 49.8 Å². The van der Waals surface area contributed by atoms with Crippen molar-refractivity contribution < 1.29 is 0 Å². The molecule has 3 heteroatoms. The van der Waals surface area contributed by atoms with Crippen LogP contribution < -0.4 is 5.73 Å². The van der Waals surface area contributed by atoms with E-state index in [1.165, 1.54) is 0 Å². The summed E-state index contributed by atoms with van der Waals surface area (Å²) < 4.78 is 0. The summed E-state index contributed by atoms with van der Waals surface area (Å²) in [5.74, 6) is 0. The molecule has 1 aromatic rings. The van der Waals surface area contributed by atoms with Crippen LogP contribution in [-0.4, -0.2) is 4.99 Å². The van der Waals surface area contributed by atoms with Gasteiger partial charge in [0.15, 0.2) is 0 Å². The van der Waals surface area contributed by atoms with Gasteiger partial charge in [-0.2, -0.15) is 5.26 Å². The number of nitriles is 1. The highest BCUT2D eigenvalue weighted by molar-refractivity contribution is 7.80. The van der Waals surface area contributed by atoms with Gasteiger partial charge in [-0.15, -0.1) is 0 Å². The molecule has 1 aromatic carbocycles. The van der Waals surface area contributed by atoms with E-state index < -0.39 is 0 Å². The fraction of sp³-hybridized carbons (Fsp3) is 0. The summed E-state index contributed by atoms with van der Waals surface area (Å²) in [7, 11) is 0. The maximum atomic E-state index is 8.67. The average molecular weight is 214 g/mol. The molecular formula is C12H10N2S. The van der Waals surface area contributed by atoms with Crippen LogP contribution in [0.4, 0.5) is 0 Å². The second-order valence-corrected chi connectivity index (χ2v) is 3.27.